The van der Waals surface area contributed by atoms with Crippen LogP contribution in [0.5, 0.6) is 0 Å². The van der Waals surface area contributed by atoms with E-state index in [1.807, 2.05) is 59.9 Å². The van der Waals surface area contributed by atoms with Crippen molar-refractivity contribution in [3.63, 3.8) is 0 Å². The summed E-state index contributed by atoms with van der Waals surface area (Å²) in [6.45, 7) is 3.50. The van der Waals surface area contributed by atoms with Crippen molar-refractivity contribution >= 4 is 11.6 Å². The van der Waals surface area contributed by atoms with E-state index >= 15 is 0 Å². The van der Waals surface area contributed by atoms with E-state index in [0.29, 0.717) is 12.1 Å². The van der Waals surface area contributed by atoms with Crippen molar-refractivity contribution in [2.24, 2.45) is 0 Å². The van der Waals surface area contributed by atoms with Crippen LogP contribution in [-0.2, 0) is 6.42 Å². The number of carbonyl (C=O) groups excluding carboxylic acids is 1. The van der Waals surface area contributed by atoms with Gasteiger partial charge in [-0.25, -0.2) is 9.50 Å². The lowest BCUT2D eigenvalue weighted by Crippen LogP contribution is -2.32. The minimum atomic E-state index is -0.0959. The molecule has 1 aromatic carbocycles. The van der Waals surface area contributed by atoms with Gasteiger partial charge in [0, 0.05) is 30.9 Å². The third-order valence-corrected chi connectivity index (χ3v) is 4.23. The van der Waals surface area contributed by atoms with E-state index in [-0.39, 0.29) is 5.91 Å². The van der Waals surface area contributed by atoms with Crippen molar-refractivity contribution in [1.29, 1.82) is 0 Å². The molecule has 6 heteroatoms. The fourth-order valence-corrected chi connectivity index (χ4v) is 2.89. The average molecular weight is 351 g/mol. The summed E-state index contributed by atoms with van der Waals surface area (Å²) >= 11 is 0. The lowest BCUT2D eigenvalue weighted by molar-refractivity contribution is 0.0949. The molecular formula is C20H25N5O. The average Bonchev–Trinajstić information content (AvgIpc) is 3.07. The van der Waals surface area contributed by atoms with E-state index in [4.69, 9.17) is 5.10 Å². The number of nitrogens with one attached hydrogen (secondary N) is 1. The molecule has 0 spiro atoms. The normalized spacial score (nSPS) is 11.2. The first-order valence-corrected chi connectivity index (χ1v) is 8.96. The van der Waals surface area contributed by atoms with Gasteiger partial charge in [-0.1, -0.05) is 43.7 Å². The van der Waals surface area contributed by atoms with Gasteiger partial charge in [0.05, 0.1) is 17.0 Å². The van der Waals surface area contributed by atoms with E-state index in [9.17, 15) is 4.79 Å². The number of carbonyl (C=O) groups is 1. The van der Waals surface area contributed by atoms with Gasteiger partial charge in [-0.2, -0.15) is 5.10 Å². The molecule has 0 bridgehead atoms. The fraction of sp³-hybridized carbons (Fsp3) is 0.350. The highest BCUT2D eigenvalue weighted by Gasteiger charge is 2.17. The number of amides is 1. The second-order valence-corrected chi connectivity index (χ2v) is 6.59. The Morgan fingerprint density at radius 3 is 2.69 bits per heavy atom. The minimum Gasteiger partial charge on any atom is -0.351 e. The first-order chi connectivity index (χ1) is 12.6. The minimum absolute atomic E-state index is 0.0959. The highest BCUT2D eigenvalue weighted by atomic mass is 16.1. The summed E-state index contributed by atoms with van der Waals surface area (Å²) < 4.78 is 1.81. The molecule has 0 saturated heterocycles. The van der Waals surface area contributed by atoms with Crippen molar-refractivity contribution in [2.75, 3.05) is 27.2 Å². The number of likely N-dealkylation sites (N-methyl/N-ethyl adjacent to an activating group) is 1. The number of rotatable bonds is 7. The van der Waals surface area contributed by atoms with Crippen LogP contribution in [0.1, 0.15) is 29.4 Å². The Hall–Kier alpha value is -2.73. The van der Waals surface area contributed by atoms with Gasteiger partial charge in [-0.3, -0.25) is 4.79 Å². The van der Waals surface area contributed by atoms with Gasteiger partial charge in [-0.15, -0.1) is 0 Å². The number of nitrogens with zero attached hydrogens (tertiary/aromatic N) is 4. The number of fused-ring (bicyclic) bond motifs is 1. The Balaban J connectivity index is 1.96. The molecular weight excluding hydrogens is 326 g/mol. The summed E-state index contributed by atoms with van der Waals surface area (Å²) in [4.78, 5) is 19.1. The Labute approximate surface area is 153 Å². The summed E-state index contributed by atoms with van der Waals surface area (Å²) in [5.41, 5.74) is 4.16. The van der Waals surface area contributed by atoms with Gasteiger partial charge in [-0.05, 0) is 20.5 Å². The van der Waals surface area contributed by atoms with E-state index in [0.717, 1.165) is 42.0 Å². The number of benzene rings is 1. The summed E-state index contributed by atoms with van der Waals surface area (Å²) in [6, 6.07) is 12.0. The SMILES string of the molecule is CCCc1c(C(=O)NCCN(C)C)cnc2cc(-c3ccccc3)nn12. The smallest absolute Gasteiger partial charge is 0.254 e. The zero-order valence-corrected chi connectivity index (χ0v) is 15.6. The molecule has 1 N–H and O–H groups in total. The largest absolute Gasteiger partial charge is 0.351 e. The Kier molecular flexibility index (Phi) is 5.63. The van der Waals surface area contributed by atoms with Crippen molar-refractivity contribution in [3.8, 4) is 11.3 Å². The van der Waals surface area contributed by atoms with Gasteiger partial charge in [0.2, 0.25) is 0 Å². The summed E-state index contributed by atoms with van der Waals surface area (Å²) in [7, 11) is 3.97. The second-order valence-electron chi connectivity index (χ2n) is 6.59. The van der Waals surface area contributed by atoms with Gasteiger partial charge < -0.3 is 10.2 Å². The van der Waals surface area contributed by atoms with Crippen LogP contribution in [0.15, 0.2) is 42.6 Å². The third-order valence-electron chi connectivity index (χ3n) is 4.23. The molecule has 0 fully saturated rings. The number of hydrogen-bond acceptors (Lipinski definition) is 4. The molecule has 3 aromatic rings. The molecule has 2 aromatic heterocycles. The van der Waals surface area contributed by atoms with Crippen LogP contribution in [0.4, 0.5) is 0 Å². The Morgan fingerprint density at radius 2 is 2.00 bits per heavy atom. The summed E-state index contributed by atoms with van der Waals surface area (Å²) in [6.07, 6.45) is 3.37. The molecule has 136 valence electrons. The maximum absolute atomic E-state index is 12.6. The maximum atomic E-state index is 12.6. The maximum Gasteiger partial charge on any atom is 0.254 e. The predicted molar refractivity (Wildman–Crippen MR) is 103 cm³/mol. The zero-order chi connectivity index (χ0) is 18.5. The molecule has 0 atom stereocenters. The van der Waals surface area contributed by atoms with Crippen molar-refractivity contribution in [3.05, 3.63) is 53.9 Å². The number of aryl methyl sites for hydroxylation is 1. The van der Waals surface area contributed by atoms with E-state index in [1.165, 1.54) is 0 Å². The van der Waals surface area contributed by atoms with Crippen LogP contribution in [0.25, 0.3) is 16.9 Å². The molecule has 26 heavy (non-hydrogen) atoms. The van der Waals surface area contributed by atoms with Crippen LogP contribution in [0.2, 0.25) is 0 Å². The highest BCUT2D eigenvalue weighted by molar-refractivity contribution is 5.95. The highest BCUT2D eigenvalue weighted by Crippen LogP contribution is 2.21. The molecule has 0 aliphatic carbocycles. The lowest BCUT2D eigenvalue weighted by atomic mass is 10.1. The fourth-order valence-electron chi connectivity index (χ4n) is 2.89. The first-order valence-electron chi connectivity index (χ1n) is 8.96. The quantitative estimate of drug-likeness (QED) is 0.711. The molecule has 6 nitrogen and oxygen atoms in total. The van der Waals surface area contributed by atoms with Crippen LogP contribution >= 0.6 is 0 Å². The molecule has 1 amide bonds. The predicted octanol–water partition coefficient (Wildman–Crippen LogP) is 2.64. The van der Waals surface area contributed by atoms with Gasteiger partial charge in [0.25, 0.3) is 5.91 Å². The summed E-state index contributed by atoms with van der Waals surface area (Å²) in [5.74, 6) is -0.0959. The number of hydrogen-bond donors (Lipinski definition) is 1. The topological polar surface area (TPSA) is 62.5 Å². The van der Waals surface area contributed by atoms with E-state index < -0.39 is 0 Å². The standard InChI is InChI=1S/C20H25N5O/c1-4-8-18-16(20(26)21-11-12-24(2)3)14-22-19-13-17(23-25(18)19)15-9-6-5-7-10-15/h5-7,9-10,13-14H,4,8,11-12H2,1-3H3,(H,21,26). The van der Waals surface area contributed by atoms with Crippen LogP contribution < -0.4 is 5.32 Å². The van der Waals surface area contributed by atoms with Gasteiger partial charge in [0.15, 0.2) is 5.65 Å². The molecule has 0 aliphatic heterocycles. The summed E-state index contributed by atoms with van der Waals surface area (Å²) in [5, 5.41) is 7.69. The van der Waals surface area contributed by atoms with Crippen molar-refractivity contribution in [1.82, 2.24) is 24.8 Å². The zero-order valence-electron chi connectivity index (χ0n) is 15.6. The second kappa shape index (κ2) is 8.10. The number of aromatic nitrogens is 3. The van der Waals surface area contributed by atoms with Crippen LogP contribution in [0.3, 0.4) is 0 Å². The van der Waals surface area contributed by atoms with Gasteiger partial charge in [0.1, 0.15) is 0 Å². The van der Waals surface area contributed by atoms with Crippen LogP contribution in [-0.4, -0.2) is 52.6 Å². The van der Waals surface area contributed by atoms with Crippen LogP contribution in [0, 0.1) is 0 Å². The van der Waals surface area contributed by atoms with Crippen molar-refractivity contribution in [2.45, 2.75) is 19.8 Å². The Bertz CT molecular complexity index is 886. The lowest BCUT2D eigenvalue weighted by Gasteiger charge is -2.13. The molecule has 3 rings (SSSR count). The van der Waals surface area contributed by atoms with Crippen molar-refractivity contribution < 1.29 is 4.79 Å². The molecule has 0 radical (unpaired) electrons. The molecule has 2 heterocycles. The molecule has 0 saturated carbocycles. The first kappa shape index (κ1) is 18.1. The third kappa shape index (κ3) is 3.91. The van der Waals surface area contributed by atoms with Gasteiger partial charge >= 0.3 is 0 Å². The Morgan fingerprint density at radius 1 is 1.23 bits per heavy atom. The van der Waals surface area contributed by atoms with E-state index in [2.05, 4.69) is 17.2 Å². The monoisotopic (exact) mass is 351 g/mol. The molecule has 0 aliphatic rings. The molecule has 0 unspecified atom stereocenters. The van der Waals surface area contributed by atoms with E-state index in [1.54, 1.807) is 6.20 Å².